The Morgan fingerprint density at radius 2 is 1.90 bits per heavy atom. The third-order valence-electron chi connectivity index (χ3n) is 4.44. The number of amides is 2. The third kappa shape index (κ3) is 3.74. The average molecular weight is 299 g/mol. The van der Waals surface area contributed by atoms with E-state index in [-0.39, 0.29) is 24.3 Å². The number of carbonyl (C=O) groups is 2. The molecule has 1 rings (SSSR count). The number of hydrogen-bond donors (Lipinski definition) is 3. The van der Waals surface area contributed by atoms with E-state index in [9.17, 15) is 9.59 Å². The van der Waals surface area contributed by atoms with Gasteiger partial charge in [-0.25, -0.2) is 0 Å². The third-order valence-corrected chi connectivity index (χ3v) is 4.44. The Morgan fingerprint density at radius 1 is 1.24 bits per heavy atom. The summed E-state index contributed by atoms with van der Waals surface area (Å²) in [5.74, 6) is -0.255. The van der Waals surface area contributed by atoms with Crippen LogP contribution in [0, 0.1) is 5.41 Å². The van der Waals surface area contributed by atoms with Gasteiger partial charge in [-0.15, -0.1) is 0 Å². The van der Waals surface area contributed by atoms with Crippen LogP contribution in [0.1, 0.15) is 47.0 Å². The van der Waals surface area contributed by atoms with Crippen molar-refractivity contribution in [1.82, 2.24) is 10.6 Å². The minimum Gasteiger partial charge on any atom is -0.378 e. The van der Waals surface area contributed by atoms with Gasteiger partial charge in [-0.05, 0) is 13.3 Å². The van der Waals surface area contributed by atoms with Crippen molar-refractivity contribution in [3.05, 3.63) is 0 Å². The zero-order chi connectivity index (χ0) is 16.1. The van der Waals surface area contributed by atoms with Crippen LogP contribution in [0.15, 0.2) is 0 Å². The van der Waals surface area contributed by atoms with Gasteiger partial charge in [0.1, 0.15) is 5.54 Å². The lowest BCUT2D eigenvalue weighted by molar-refractivity contribution is -0.170. The van der Waals surface area contributed by atoms with Crippen LogP contribution in [-0.4, -0.2) is 43.2 Å². The van der Waals surface area contributed by atoms with Crippen LogP contribution in [-0.2, 0) is 14.3 Å². The van der Waals surface area contributed by atoms with E-state index in [1.807, 2.05) is 27.7 Å². The van der Waals surface area contributed by atoms with Crippen molar-refractivity contribution in [2.45, 2.75) is 58.6 Å². The summed E-state index contributed by atoms with van der Waals surface area (Å²) in [5.41, 5.74) is 4.92. The van der Waals surface area contributed by atoms with Gasteiger partial charge in [0, 0.05) is 38.0 Å². The smallest absolute Gasteiger partial charge is 0.240 e. The fourth-order valence-corrected chi connectivity index (χ4v) is 2.62. The largest absolute Gasteiger partial charge is 0.378 e. The van der Waals surface area contributed by atoms with E-state index in [1.54, 1.807) is 0 Å². The standard InChI is InChI=1S/C15H29N3O3/c1-5-8-17-12(19)7-9-18-13(20)15(16)10-11(21-6-2)14(15,3)4/h11H,5-10,16H2,1-4H3,(H,17,19)(H,18,20). The Labute approximate surface area is 127 Å². The van der Waals surface area contributed by atoms with Crippen LogP contribution >= 0.6 is 0 Å². The molecule has 1 aliphatic rings. The summed E-state index contributed by atoms with van der Waals surface area (Å²) in [7, 11) is 0. The first-order valence-corrected chi connectivity index (χ1v) is 7.75. The highest BCUT2D eigenvalue weighted by molar-refractivity contribution is 5.89. The van der Waals surface area contributed by atoms with Crippen LogP contribution in [0.4, 0.5) is 0 Å². The molecule has 6 nitrogen and oxygen atoms in total. The second kappa shape index (κ2) is 7.22. The molecule has 21 heavy (non-hydrogen) atoms. The van der Waals surface area contributed by atoms with E-state index in [0.29, 0.717) is 26.1 Å². The molecule has 1 aliphatic carbocycles. The quantitative estimate of drug-likeness (QED) is 0.610. The van der Waals surface area contributed by atoms with E-state index >= 15 is 0 Å². The fourth-order valence-electron chi connectivity index (χ4n) is 2.62. The number of rotatable bonds is 8. The molecule has 0 radical (unpaired) electrons. The molecule has 0 saturated heterocycles. The van der Waals surface area contributed by atoms with Gasteiger partial charge in [0.05, 0.1) is 6.10 Å². The summed E-state index contributed by atoms with van der Waals surface area (Å²) in [6.07, 6.45) is 1.70. The highest BCUT2D eigenvalue weighted by Crippen LogP contribution is 2.49. The predicted molar refractivity (Wildman–Crippen MR) is 81.7 cm³/mol. The van der Waals surface area contributed by atoms with Crippen LogP contribution in [0.3, 0.4) is 0 Å². The van der Waals surface area contributed by atoms with Gasteiger partial charge in [-0.3, -0.25) is 9.59 Å². The summed E-state index contributed by atoms with van der Waals surface area (Å²) in [5, 5.41) is 5.54. The Bertz CT molecular complexity index is 384. The monoisotopic (exact) mass is 299 g/mol. The van der Waals surface area contributed by atoms with Gasteiger partial charge in [-0.1, -0.05) is 20.8 Å². The van der Waals surface area contributed by atoms with Crippen molar-refractivity contribution in [3.63, 3.8) is 0 Å². The number of carbonyl (C=O) groups excluding carboxylic acids is 2. The molecular formula is C15H29N3O3. The molecule has 1 fully saturated rings. The molecule has 122 valence electrons. The maximum Gasteiger partial charge on any atom is 0.240 e. The molecule has 2 amide bonds. The van der Waals surface area contributed by atoms with E-state index in [1.165, 1.54) is 0 Å². The lowest BCUT2D eigenvalue weighted by atomic mass is 9.54. The Morgan fingerprint density at radius 3 is 2.43 bits per heavy atom. The van der Waals surface area contributed by atoms with Crippen molar-refractivity contribution in [3.8, 4) is 0 Å². The Hall–Kier alpha value is -1.14. The Kier molecular flexibility index (Phi) is 6.16. The maximum absolute atomic E-state index is 12.3. The minimum absolute atomic E-state index is 0.00565. The molecule has 2 unspecified atom stereocenters. The van der Waals surface area contributed by atoms with Crippen LogP contribution in [0.25, 0.3) is 0 Å². The van der Waals surface area contributed by atoms with Crippen LogP contribution < -0.4 is 16.4 Å². The lowest BCUT2D eigenvalue weighted by Gasteiger charge is -2.57. The van der Waals surface area contributed by atoms with Crippen molar-refractivity contribution in [2.75, 3.05) is 19.7 Å². The summed E-state index contributed by atoms with van der Waals surface area (Å²) in [4.78, 5) is 23.8. The molecular weight excluding hydrogens is 270 g/mol. The van der Waals surface area contributed by atoms with Gasteiger partial charge >= 0.3 is 0 Å². The van der Waals surface area contributed by atoms with Crippen molar-refractivity contribution >= 4 is 11.8 Å². The summed E-state index contributed by atoms with van der Waals surface area (Å²) < 4.78 is 5.60. The molecule has 0 aliphatic heterocycles. The first-order chi connectivity index (χ1) is 9.79. The SMILES string of the molecule is CCCNC(=O)CCNC(=O)C1(N)CC(OCC)C1(C)C. The van der Waals surface area contributed by atoms with Crippen molar-refractivity contribution < 1.29 is 14.3 Å². The molecule has 0 bridgehead atoms. The zero-order valence-electron chi connectivity index (χ0n) is 13.6. The number of ether oxygens (including phenoxy) is 1. The van der Waals surface area contributed by atoms with Crippen molar-refractivity contribution in [1.29, 1.82) is 0 Å². The van der Waals surface area contributed by atoms with E-state index in [4.69, 9.17) is 10.5 Å². The lowest BCUT2D eigenvalue weighted by Crippen LogP contribution is -2.75. The molecule has 4 N–H and O–H groups in total. The highest BCUT2D eigenvalue weighted by atomic mass is 16.5. The molecule has 0 heterocycles. The fraction of sp³-hybridized carbons (Fsp3) is 0.867. The van der Waals surface area contributed by atoms with Crippen LogP contribution in [0.2, 0.25) is 0 Å². The molecule has 0 aromatic carbocycles. The van der Waals surface area contributed by atoms with E-state index in [0.717, 1.165) is 6.42 Å². The minimum atomic E-state index is -0.924. The van der Waals surface area contributed by atoms with Crippen molar-refractivity contribution in [2.24, 2.45) is 11.1 Å². The maximum atomic E-state index is 12.3. The van der Waals surface area contributed by atoms with Gasteiger partial charge in [-0.2, -0.15) is 0 Å². The number of nitrogens with one attached hydrogen (secondary N) is 2. The second-order valence-electron chi connectivity index (χ2n) is 6.20. The first-order valence-electron chi connectivity index (χ1n) is 7.75. The number of nitrogens with two attached hydrogens (primary N) is 1. The topological polar surface area (TPSA) is 93.5 Å². The summed E-state index contributed by atoms with van der Waals surface area (Å²) in [6, 6.07) is 0. The van der Waals surface area contributed by atoms with E-state index in [2.05, 4.69) is 10.6 Å². The normalized spacial score (nSPS) is 26.8. The first kappa shape index (κ1) is 17.9. The highest BCUT2D eigenvalue weighted by Gasteiger charge is 2.62. The second-order valence-corrected chi connectivity index (χ2v) is 6.20. The van der Waals surface area contributed by atoms with Gasteiger partial charge in [0.15, 0.2) is 0 Å². The zero-order valence-corrected chi connectivity index (χ0v) is 13.6. The molecule has 2 atom stereocenters. The van der Waals surface area contributed by atoms with Gasteiger partial charge in [0.2, 0.25) is 11.8 Å². The molecule has 0 spiro atoms. The summed E-state index contributed by atoms with van der Waals surface area (Å²) in [6.45, 7) is 9.41. The Balaban J connectivity index is 2.40. The molecule has 1 saturated carbocycles. The van der Waals surface area contributed by atoms with Crippen LogP contribution in [0.5, 0.6) is 0 Å². The molecule has 0 aromatic heterocycles. The molecule has 0 aromatic rings. The molecule has 6 heteroatoms. The predicted octanol–water partition coefficient (Wildman–Crippen LogP) is 0.551. The summed E-state index contributed by atoms with van der Waals surface area (Å²) >= 11 is 0. The van der Waals surface area contributed by atoms with Gasteiger partial charge in [0.25, 0.3) is 0 Å². The van der Waals surface area contributed by atoms with E-state index < -0.39 is 11.0 Å². The average Bonchev–Trinajstić information content (AvgIpc) is 2.44. The number of hydrogen-bond acceptors (Lipinski definition) is 4. The van der Waals surface area contributed by atoms with Gasteiger partial charge < -0.3 is 21.1 Å².